The Morgan fingerprint density at radius 2 is 1.90 bits per heavy atom. The van der Waals surface area contributed by atoms with Crippen molar-refractivity contribution in [3.8, 4) is 0 Å². The number of rotatable bonds is 7. The summed E-state index contributed by atoms with van der Waals surface area (Å²) >= 11 is 0. The first-order valence-corrected chi connectivity index (χ1v) is 11.5. The van der Waals surface area contributed by atoms with Gasteiger partial charge in [0.1, 0.15) is 0 Å². The van der Waals surface area contributed by atoms with Crippen LogP contribution in [0.25, 0.3) is 0 Å². The van der Waals surface area contributed by atoms with Crippen molar-refractivity contribution < 1.29 is 13.5 Å². The van der Waals surface area contributed by atoms with Crippen molar-refractivity contribution in [1.82, 2.24) is 14.9 Å². The zero-order valence-corrected chi connectivity index (χ0v) is 21.0. The highest BCUT2D eigenvalue weighted by Gasteiger charge is 2.27. The minimum absolute atomic E-state index is 0. The molecular weight excluding hydrogens is 503 g/mol. The van der Waals surface area contributed by atoms with Crippen molar-refractivity contribution in [2.45, 2.75) is 45.6 Å². The topological polar surface area (TPSA) is 94.0 Å². The molecule has 1 fully saturated rings. The minimum Gasteiger partial charge on any atom is -0.386 e. The van der Waals surface area contributed by atoms with Gasteiger partial charge in [-0.1, -0.05) is 45.0 Å². The Kier molecular flexibility index (Phi) is 10.3. The lowest BCUT2D eigenvalue weighted by Gasteiger charge is -2.20. The summed E-state index contributed by atoms with van der Waals surface area (Å²) in [4.78, 5) is 4.44. The van der Waals surface area contributed by atoms with E-state index in [0.717, 1.165) is 5.56 Å². The van der Waals surface area contributed by atoms with E-state index in [1.807, 2.05) is 31.2 Å². The lowest BCUT2D eigenvalue weighted by Crippen LogP contribution is -2.42. The number of nitrogens with one attached hydrogen (secondary N) is 2. The monoisotopic (exact) mass is 538 g/mol. The van der Waals surface area contributed by atoms with Gasteiger partial charge in [-0.05, 0) is 29.9 Å². The van der Waals surface area contributed by atoms with Crippen LogP contribution in [0.2, 0.25) is 0 Å². The third kappa shape index (κ3) is 8.03. The number of aliphatic imine (C=N–C) groups is 1. The third-order valence-corrected chi connectivity index (χ3v) is 6.74. The van der Waals surface area contributed by atoms with Crippen molar-refractivity contribution >= 4 is 40.0 Å². The van der Waals surface area contributed by atoms with Crippen molar-refractivity contribution in [2.24, 2.45) is 4.99 Å². The number of aliphatic hydroxyl groups is 1. The fraction of sp³-hybridized carbons (Fsp3) is 0.650. The van der Waals surface area contributed by atoms with E-state index >= 15 is 0 Å². The Morgan fingerprint density at radius 1 is 1.24 bits per heavy atom. The number of benzene rings is 1. The van der Waals surface area contributed by atoms with Crippen molar-refractivity contribution in [2.75, 3.05) is 38.5 Å². The van der Waals surface area contributed by atoms with Crippen LogP contribution in [0.5, 0.6) is 0 Å². The maximum absolute atomic E-state index is 11.8. The lowest BCUT2D eigenvalue weighted by molar-refractivity contribution is 0.187. The zero-order chi connectivity index (χ0) is 20.8. The number of sulfonamides is 1. The first-order valence-electron chi connectivity index (χ1n) is 9.92. The highest BCUT2D eigenvalue weighted by molar-refractivity contribution is 14.0. The lowest BCUT2D eigenvalue weighted by atomic mass is 9.86. The van der Waals surface area contributed by atoms with Gasteiger partial charge in [-0.25, -0.2) is 12.7 Å². The summed E-state index contributed by atoms with van der Waals surface area (Å²) in [6.45, 7) is 10.8. The number of aliphatic hydroxyl groups excluding tert-OH is 1. The molecule has 0 aromatic heterocycles. The molecule has 7 nitrogen and oxygen atoms in total. The second-order valence-corrected chi connectivity index (χ2v) is 10.2. The largest absolute Gasteiger partial charge is 0.386 e. The van der Waals surface area contributed by atoms with Crippen LogP contribution in [0, 0.1) is 0 Å². The normalized spacial score (nSPS) is 18.2. The van der Waals surface area contributed by atoms with Gasteiger partial charge < -0.3 is 15.7 Å². The fourth-order valence-electron chi connectivity index (χ4n) is 3.07. The summed E-state index contributed by atoms with van der Waals surface area (Å²) in [6, 6.07) is 7.98. The quantitative estimate of drug-likeness (QED) is 0.281. The molecule has 0 spiro atoms. The summed E-state index contributed by atoms with van der Waals surface area (Å²) in [5.41, 5.74) is 2.13. The van der Waals surface area contributed by atoms with Gasteiger partial charge in [-0.3, -0.25) is 4.99 Å². The van der Waals surface area contributed by atoms with E-state index in [2.05, 4.69) is 36.4 Å². The van der Waals surface area contributed by atoms with Crippen LogP contribution >= 0.6 is 24.0 Å². The molecule has 29 heavy (non-hydrogen) atoms. The van der Waals surface area contributed by atoms with Crippen LogP contribution in [0.1, 0.15) is 51.3 Å². The molecule has 0 aliphatic carbocycles. The molecule has 1 heterocycles. The molecule has 9 heteroatoms. The number of hydrogen-bond acceptors (Lipinski definition) is 4. The van der Waals surface area contributed by atoms with Gasteiger partial charge in [-0.15, -0.1) is 24.0 Å². The second kappa shape index (κ2) is 11.5. The Bertz CT molecular complexity index is 761. The third-order valence-electron chi connectivity index (χ3n) is 4.78. The van der Waals surface area contributed by atoms with E-state index in [1.54, 1.807) is 0 Å². The van der Waals surface area contributed by atoms with Gasteiger partial charge in [0.25, 0.3) is 0 Å². The van der Waals surface area contributed by atoms with Crippen LogP contribution in [0.4, 0.5) is 0 Å². The standard InChI is InChI=1S/C20H34N4O3S.HI/c1-5-21-19(22-11-13-24-12-6-14-28(24,26)27)23-15-18(25)16-7-9-17(10-8-16)20(2,3)4;/h7-10,18,25H,5-6,11-15H2,1-4H3,(H2,21,22,23);1H. The molecule has 1 aliphatic heterocycles. The van der Waals surface area contributed by atoms with Gasteiger partial charge in [0, 0.05) is 26.2 Å². The van der Waals surface area contributed by atoms with Gasteiger partial charge in [-0.2, -0.15) is 0 Å². The molecule has 0 radical (unpaired) electrons. The number of hydrogen-bond donors (Lipinski definition) is 3. The molecule has 1 unspecified atom stereocenters. The van der Waals surface area contributed by atoms with Crippen LogP contribution in [0.15, 0.2) is 29.3 Å². The highest BCUT2D eigenvalue weighted by Crippen LogP contribution is 2.24. The van der Waals surface area contributed by atoms with Gasteiger partial charge in [0.05, 0.1) is 18.4 Å². The highest BCUT2D eigenvalue weighted by atomic mass is 127. The maximum Gasteiger partial charge on any atom is 0.214 e. The maximum atomic E-state index is 11.8. The number of guanidine groups is 1. The Morgan fingerprint density at radius 3 is 2.41 bits per heavy atom. The van der Waals surface area contributed by atoms with Crippen molar-refractivity contribution in [3.05, 3.63) is 35.4 Å². The van der Waals surface area contributed by atoms with E-state index in [4.69, 9.17) is 0 Å². The van der Waals surface area contributed by atoms with Crippen molar-refractivity contribution in [3.63, 3.8) is 0 Å². The summed E-state index contributed by atoms with van der Waals surface area (Å²) in [5, 5.41) is 16.7. The van der Waals surface area contributed by atoms with E-state index in [-0.39, 0.29) is 41.7 Å². The fourth-order valence-corrected chi connectivity index (χ4v) is 4.60. The van der Waals surface area contributed by atoms with E-state index in [9.17, 15) is 13.5 Å². The summed E-state index contributed by atoms with van der Waals surface area (Å²) in [6.07, 6.45) is -0.000108. The average molecular weight is 538 g/mol. The Hall–Kier alpha value is -0.910. The zero-order valence-electron chi connectivity index (χ0n) is 17.8. The molecule has 1 aromatic rings. The van der Waals surface area contributed by atoms with Crippen LogP contribution < -0.4 is 10.6 Å². The SMILES string of the molecule is CCNC(=NCC(O)c1ccc(C(C)(C)C)cc1)NCCN1CCCS1(=O)=O.I. The molecule has 0 bridgehead atoms. The molecule has 1 atom stereocenters. The molecule has 0 amide bonds. The first-order chi connectivity index (χ1) is 13.1. The minimum atomic E-state index is -3.08. The molecule has 1 aliphatic rings. The summed E-state index contributed by atoms with van der Waals surface area (Å²) in [7, 11) is -3.08. The molecular formula is C20H35IN4O3S. The Labute approximate surface area is 192 Å². The molecule has 3 N–H and O–H groups in total. The van der Waals surface area contributed by atoms with Gasteiger partial charge >= 0.3 is 0 Å². The van der Waals surface area contributed by atoms with E-state index in [0.29, 0.717) is 38.6 Å². The van der Waals surface area contributed by atoms with Crippen LogP contribution in [0.3, 0.4) is 0 Å². The van der Waals surface area contributed by atoms with Crippen molar-refractivity contribution in [1.29, 1.82) is 0 Å². The predicted molar refractivity (Wildman–Crippen MR) is 129 cm³/mol. The average Bonchev–Trinajstić information content (AvgIpc) is 2.97. The van der Waals surface area contributed by atoms with Gasteiger partial charge in [0.2, 0.25) is 10.0 Å². The van der Waals surface area contributed by atoms with E-state index < -0.39 is 16.1 Å². The number of nitrogens with zero attached hydrogens (tertiary/aromatic N) is 2. The van der Waals surface area contributed by atoms with Crippen LogP contribution in [-0.2, 0) is 15.4 Å². The first kappa shape index (κ1) is 26.1. The summed E-state index contributed by atoms with van der Waals surface area (Å²) < 4.78 is 25.2. The molecule has 1 aromatic carbocycles. The number of halogens is 1. The predicted octanol–water partition coefficient (Wildman–Crippen LogP) is 2.23. The Balaban J connectivity index is 0.00000420. The van der Waals surface area contributed by atoms with Crippen LogP contribution in [-0.4, -0.2) is 62.3 Å². The molecule has 166 valence electrons. The van der Waals surface area contributed by atoms with E-state index in [1.165, 1.54) is 9.87 Å². The van der Waals surface area contributed by atoms with Gasteiger partial charge in [0.15, 0.2) is 5.96 Å². The molecule has 1 saturated heterocycles. The smallest absolute Gasteiger partial charge is 0.214 e. The summed E-state index contributed by atoms with van der Waals surface area (Å²) in [5.74, 6) is 0.811. The molecule has 2 rings (SSSR count). The molecule has 0 saturated carbocycles. The second-order valence-electron chi connectivity index (χ2n) is 8.10.